The van der Waals surface area contributed by atoms with Gasteiger partial charge in [-0.15, -0.1) is 0 Å². The van der Waals surface area contributed by atoms with Gasteiger partial charge in [-0.3, -0.25) is 4.79 Å². The Labute approximate surface area is 123 Å². The standard InChI is InChI=1S/C13H19FN2O4S/c1-5-8(2)16(3)13(17)9-6-10(14)12(20-4)11(7-9)21(15,18)19/h6-8H,5H2,1-4H3,(H2,15,18,19). The van der Waals surface area contributed by atoms with E-state index in [0.29, 0.717) is 6.42 Å². The first kappa shape index (κ1) is 17.4. The lowest BCUT2D eigenvalue weighted by molar-refractivity contribution is 0.0739. The van der Waals surface area contributed by atoms with Gasteiger partial charge in [-0.2, -0.15) is 0 Å². The second-order valence-corrected chi connectivity index (χ2v) is 6.24. The smallest absolute Gasteiger partial charge is 0.253 e. The van der Waals surface area contributed by atoms with Crippen molar-refractivity contribution < 1.29 is 22.3 Å². The van der Waals surface area contributed by atoms with Crippen LogP contribution in [0.4, 0.5) is 4.39 Å². The van der Waals surface area contributed by atoms with Gasteiger partial charge in [0.2, 0.25) is 10.0 Å². The number of carbonyl (C=O) groups is 1. The number of halogens is 1. The molecule has 0 aliphatic carbocycles. The molecule has 21 heavy (non-hydrogen) atoms. The quantitative estimate of drug-likeness (QED) is 0.887. The topological polar surface area (TPSA) is 89.7 Å². The number of amides is 1. The number of nitrogens with two attached hydrogens (primary N) is 1. The highest BCUT2D eigenvalue weighted by atomic mass is 32.2. The molecule has 0 spiro atoms. The lowest BCUT2D eigenvalue weighted by Gasteiger charge is -2.24. The fourth-order valence-electron chi connectivity index (χ4n) is 1.78. The maximum atomic E-state index is 13.9. The van der Waals surface area contributed by atoms with Gasteiger partial charge in [0.25, 0.3) is 5.91 Å². The van der Waals surface area contributed by atoms with Crippen LogP contribution < -0.4 is 9.88 Å². The second kappa shape index (κ2) is 6.40. The van der Waals surface area contributed by atoms with E-state index in [4.69, 9.17) is 9.88 Å². The molecule has 1 amide bonds. The van der Waals surface area contributed by atoms with E-state index in [2.05, 4.69) is 0 Å². The molecule has 0 aromatic heterocycles. The van der Waals surface area contributed by atoms with Gasteiger partial charge in [0, 0.05) is 18.7 Å². The van der Waals surface area contributed by atoms with Gasteiger partial charge >= 0.3 is 0 Å². The molecular weight excluding hydrogens is 299 g/mol. The zero-order valence-electron chi connectivity index (χ0n) is 12.4. The number of hydrogen-bond acceptors (Lipinski definition) is 4. The fraction of sp³-hybridized carbons (Fsp3) is 0.462. The van der Waals surface area contributed by atoms with Crippen LogP contribution in [0.25, 0.3) is 0 Å². The summed E-state index contributed by atoms with van der Waals surface area (Å²) in [5.41, 5.74) is -0.0971. The van der Waals surface area contributed by atoms with Crippen molar-refractivity contribution in [2.45, 2.75) is 31.2 Å². The molecule has 6 nitrogen and oxygen atoms in total. The van der Waals surface area contributed by atoms with Crippen LogP contribution in [0.3, 0.4) is 0 Å². The number of ether oxygens (including phenoxy) is 1. The summed E-state index contributed by atoms with van der Waals surface area (Å²) in [4.78, 5) is 13.1. The second-order valence-electron chi connectivity index (χ2n) is 4.71. The first-order chi connectivity index (χ1) is 9.63. The summed E-state index contributed by atoms with van der Waals surface area (Å²) in [5, 5.41) is 5.03. The molecule has 118 valence electrons. The van der Waals surface area contributed by atoms with Crippen molar-refractivity contribution in [2.75, 3.05) is 14.2 Å². The summed E-state index contributed by atoms with van der Waals surface area (Å²) in [7, 11) is -1.52. The summed E-state index contributed by atoms with van der Waals surface area (Å²) < 4.78 is 41.7. The Morgan fingerprint density at radius 2 is 2.05 bits per heavy atom. The van der Waals surface area contributed by atoms with Crippen molar-refractivity contribution in [2.24, 2.45) is 5.14 Å². The summed E-state index contributed by atoms with van der Waals surface area (Å²) in [6.45, 7) is 3.73. The van der Waals surface area contributed by atoms with Gasteiger partial charge < -0.3 is 9.64 Å². The van der Waals surface area contributed by atoms with E-state index in [9.17, 15) is 17.6 Å². The Morgan fingerprint density at radius 1 is 1.48 bits per heavy atom. The SMILES string of the molecule is CCC(C)N(C)C(=O)c1cc(F)c(OC)c(S(N)(=O)=O)c1. The number of hydrogen-bond donors (Lipinski definition) is 1. The molecule has 1 aromatic carbocycles. The van der Waals surface area contributed by atoms with E-state index < -0.39 is 32.4 Å². The number of rotatable bonds is 5. The average molecular weight is 318 g/mol. The van der Waals surface area contributed by atoms with Crippen molar-refractivity contribution in [3.05, 3.63) is 23.5 Å². The minimum Gasteiger partial charge on any atom is -0.492 e. The fourth-order valence-corrected chi connectivity index (χ4v) is 2.51. The molecular formula is C13H19FN2O4S. The zero-order chi connectivity index (χ0) is 16.4. The monoisotopic (exact) mass is 318 g/mol. The zero-order valence-corrected chi connectivity index (χ0v) is 13.2. The Hall–Kier alpha value is -1.67. The molecule has 0 bridgehead atoms. The normalized spacial score (nSPS) is 12.9. The number of methoxy groups -OCH3 is 1. The van der Waals surface area contributed by atoms with E-state index in [1.807, 2.05) is 13.8 Å². The van der Waals surface area contributed by atoms with Crippen molar-refractivity contribution in [1.82, 2.24) is 4.90 Å². The van der Waals surface area contributed by atoms with Crippen LogP contribution in [0.5, 0.6) is 5.75 Å². The van der Waals surface area contributed by atoms with E-state index in [0.717, 1.165) is 19.2 Å². The van der Waals surface area contributed by atoms with Crippen molar-refractivity contribution >= 4 is 15.9 Å². The number of carbonyl (C=O) groups excluding carboxylic acids is 1. The number of nitrogens with zero attached hydrogens (tertiary/aromatic N) is 1. The summed E-state index contributed by atoms with van der Waals surface area (Å²) >= 11 is 0. The maximum absolute atomic E-state index is 13.9. The van der Waals surface area contributed by atoms with Crippen LogP contribution in [-0.4, -0.2) is 39.4 Å². The van der Waals surface area contributed by atoms with E-state index in [-0.39, 0.29) is 11.6 Å². The third-order valence-electron chi connectivity index (χ3n) is 3.34. The molecule has 8 heteroatoms. The van der Waals surface area contributed by atoms with Gasteiger partial charge in [0.05, 0.1) is 7.11 Å². The first-order valence-corrected chi connectivity index (χ1v) is 7.85. The lowest BCUT2D eigenvalue weighted by atomic mass is 10.1. The lowest BCUT2D eigenvalue weighted by Crippen LogP contribution is -2.34. The van der Waals surface area contributed by atoms with Crippen LogP contribution in [0.15, 0.2) is 17.0 Å². The van der Waals surface area contributed by atoms with Crippen LogP contribution >= 0.6 is 0 Å². The molecule has 0 fully saturated rings. The molecule has 1 rings (SSSR count). The predicted molar refractivity (Wildman–Crippen MR) is 76.2 cm³/mol. The highest BCUT2D eigenvalue weighted by Gasteiger charge is 2.24. The number of primary sulfonamides is 1. The number of sulfonamides is 1. The summed E-state index contributed by atoms with van der Waals surface area (Å²) in [6.07, 6.45) is 0.711. The van der Waals surface area contributed by atoms with Crippen LogP contribution in [0.1, 0.15) is 30.6 Å². The Bertz CT molecular complexity index is 646. The molecule has 0 saturated heterocycles. The maximum Gasteiger partial charge on any atom is 0.253 e. The number of benzene rings is 1. The highest BCUT2D eigenvalue weighted by Crippen LogP contribution is 2.28. The molecule has 2 N–H and O–H groups in total. The Morgan fingerprint density at radius 3 is 2.48 bits per heavy atom. The van der Waals surface area contributed by atoms with Gasteiger partial charge in [0.15, 0.2) is 11.6 Å². The largest absolute Gasteiger partial charge is 0.492 e. The van der Waals surface area contributed by atoms with Crippen LogP contribution in [0, 0.1) is 5.82 Å². The van der Waals surface area contributed by atoms with Gasteiger partial charge in [-0.05, 0) is 25.5 Å². The molecule has 0 aliphatic rings. The molecule has 1 aromatic rings. The van der Waals surface area contributed by atoms with Gasteiger partial charge in [-0.1, -0.05) is 6.92 Å². The first-order valence-electron chi connectivity index (χ1n) is 6.31. The third-order valence-corrected chi connectivity index (χ3v) is 4.26. The average Bonchev–Trinajstić information content (AvgIpc) is 2.42. The minimum absolute atomic E-state index is 0.0689. The molecule has 0 saturated carbocycles. The molecule has 1 atom stereocenters. The highest BCUT2D eigenvalue weighted by molar-refractivity contribution is 7.89. The molecule has 0 aliphatic heterocycles. The molecule has 1 unspecified atom stereocenters. The van der Waals surface area contributed by atoms with E-state index >= 15 is 0 Å². The van der Waals surface area contributed by atoms with E-state index in [1.165, 1.54) is 4.90 Å². The van der Waals surface area contributed by atoms with Crippen molar-refractivity contribution in [1.29, 1.82) is 0 Å². The molecule has 0 radical (unpaired) electrons. The third kappa shape index (κ3) is 3.70. The van der Waals surface area contributed by atoms with E-state index in [1.54, 1.807) is 7.05 Å². The van der Waals surface area contributed by atoms with Gasteiger partial charge in [-0.25, -0.2) is 17.9 Å². The van der Waals surface area contributed by atoms with Crippen molar-refractivity contribution in [3.63, 3.8) is 0 Å². The Kier molecular flexibility index (Phi) is 5.30. The Balaban J connectivity index is 3.41. The molecule has 0 heterocycles. The minimum atomic E-state index is -4.21. The van der Waals surface area contributed by atoms with Crippen LogP contribution in [0.2, 0.25) is 0 Å². The van der Waals surface area contributed by atoms with Crippen molar-refractivity contribution in [3.8, 4) is 5.75 Å². The van der Waals surface area contributed by atoms with Crippen LogP contribution in [-0.2, 0) is 10.0 Å². The predicted octanol–water partition coefficient (Wildman–Crippen LogP) is 1.35. The summed E-state index contributed by atoms with van der Waals surface area (Å²) in [6, 6.07) is 1.90. The summed E-state index contributed by atoms with van der Waals surface area (Å²) in [5.74, 6) is -1.94. The van der Waals surface area contributed by atoms with Gasteiger partial charge in [0.1, 0.15) is 4.90 Å².